The van der Waals surface area contributed by atoms with Gasteiger partial charge in [0.2, 0.25) is 6.17 Å². The summed E-state index contributed by atoms with van der Waals surface area (Å²) in [5.41, 5.74) is 3.05. The lowest BCUT2D eigenvalue weighted by atomic mass is 10.00. The fourth-order valence-corrected chi connectivity index (χ4v) is 3.40. The van der Waals surface area contributed by atoms with Gasteiger partial charge in [-0.25, -0.2) is 14.2 Å². The number of para-hydroxylation sites is 1. The number of anilines is 2. The summed E-state index contributed by atoms with van der Waals surface area (Å²) < 4.78 is 14.6. The minimum Gasteiger partial charge on any atom is -0.311 e. The number of hydrogen-bond acceptors (Lipinski definition) is 4. The Hall–Kier alpha value is -4.07. The van der Waals surface area contributed by atoms with Crippen LogP contribution in [0.25, 0.3) is 0 Å². The fraction of sp³-hybridized carbons (Fsp3) is 0.130. The van der Waals surface area contributed by atoms with Crippen LogP contribution in [0.2, 0.25) is 0 Å². The summed E-state index contributed by atoms with van der Waals surface area (Å²) in [7, 11) is 1.60. The van der Waals surface area contributed by atoms with Gasteiger partial charge in [-0.1, -0.05) is 30.3 Å². The van der Waals surface area contributed by atoms with Crippen LogP contribution in [-0.4, -0.2) is 35.8 Å². The summed E-state index contributed by atoms with van der Waals surface area (Å²) in [6, 6.07) is 14.4. The Kier molecular flexibility index (Phi) is 5.44. The molecule has 1 unspecified atom stereocenters. The first-order chi connectivity index (χ1) is 14.9. The van der Waals surface area contributed by atoms with Gasteiger partial charge in [0.1, 0.15) is 5.82 Å². The number of pyridine rings is 1. The van der Waals surface area contributed by atoms with Gasteiger partial charge in [-0.05, 0) is 36.8 Å². The van der Waals surface area contributed by atoms with Crippen LogP contribution >= 0.6 is 0 Å². The SMILES string of the molecule is Cc1cncc(NC(=O)NC2N=C(c3ccccc3F)c3ccccc3N(C)C2=O)c1. The van der Waals surface area contributed by atoms with Crippen molar-refractivity contribution in [3.05, 3.63) is 89.5 Å². The van der Waals surface area contributed by atoms with Crippen LogP contribution in [0, 0.1) is 12.7 Å². The number of benzene rings is 2. The molecule has 1 aromatic heterocycles. The van der Waals surface area contributed by atoms with Gasteiger partial charge in [-0.3, -0.25) is 9.78 Å². The maximum Gasteiger partial charge on any atom is 0.321 e. The monoisotopic (exact) mass is 417 g/mol. The summed E-state index contributed by atoms with van der Waals surface area (Å²) in [5, 5.41) is 5.23. The van der Waals surface area contributed by atoms with E-state index in [-0.39, 0.29) is 11.3 Å². The zero-order valence-corrected chi connectivity index (χ0v) is 17.0. The van der Waals surface area contributed by atoms with Gasteiger partial charge in [0, 0.05) is 24.4 Å². The topological polar surface area (TPSA) is 86.7 Å². The van der Waals surface area contributed by atoms with Crippen LogP contribution in [0.5, 0.6) is 0 Å². The smallest absolute Gasteiger partial charge is 0.311 e. The average Bonchev–Trinajstić information content (AvgIpc) is 2.85. The van der Waals surface area contributed by atoms with Gasteiger partial charge in [-0.15, -0.1) is 0 Å². The molecule has 2 aromatic carbocycles. The highest BCUT2D eigenvalue weighted by atomic mass is 19.1. The molecule has 0 fully saturated rings. The van der Waals surface area contributed by atoms with E-state index in [1.165, 1.54) is 17.2 Å². The van der Waals surface area contributed by atoms with Crippen molar-refractivity contribution in [1.82, 2.24) is 10.3 Å². The van der Waals surface area contributed by atoms with Gasteiger partial charge in [0.25, 0.3) is 5.91 Å². The molecule has 0 radical (unpaired) electrons. The first-order valence-electron chi connectivity index (χ1n) is 9.63. The molecule has 0 saturated heterocycles. The molecule has 3 aromatic rings. The maximum absolute atomic E-state index is 14.6. The zero-order valence-electron chi connectivity index (χ0n) is 17.0. The molecule has 156 valence electrons. The molecule has 0 spiro atoms. The summed E-state index contributed by atoms with van der Waals surface area (Å²) in [6.07, 6.45) is 1.91. The molecule has 31 heavy (non-hydrogen) atoms. The minimum absolute atomic E-state index is 0.244. The van der Waals surface area contributed by atoms with Crippen molar-refractivity contribution in [2.45, 2.75) is 13.1 Å². The minimum atomic E-state index is -1.25. The van der Waals surface area contributed by atoms with Crippen LogP contribution in [-0.2, 0) is 4.79 Å². The molecule has 7 nitrogen and oxygen atoms in total. The van der Waals surface area contributed by atoms with Gasteiger partial charge >= 0.3 is 6.03 Å². The van der Waals surface area contributed by atoms with Crippen molar-refractivity contribution < 1.29 is 14.0 Å². The lowest BCUT2D eigenvalue weighted by Gasteiger charge is -2.21. The number of aliphatic imine (C=N–C) groups is 1. The summed E-state index contributed by atoms with van der Waals surface area (Å²) in [6.45, 7) is 1.85. The second-order valence-electron chi connectivity index (χ2n) is 7.12. The maximum atomic E-state index is 14.6. The zero-order chi connectivity index (χ0) is 22.0. The Balaban J connectivity index is 1.72. The van der Waals surface area contributed by atoms with E-state index in [0.717, 1.165) is 5.56 Å². The van der Waals surface area contributed by atoms with Gasteiger partial charge in [-0.2, -0.15) is 0 Å². The third-order valence-corrected chi connectivity index (χ3v) is 4.87. The Labute approximate surface area is 178 Å². The lowest BCUT2D eigenvalue weighted by Crippen LogP contribution is -2.47. The number of hydrogen-bond donors (Lipinski definition) is 2. The number of fused-ring (bicyclic) bond motifs is 1. The van der Waals surface area contributed by atoms with E-state index >= 15 is 0 Å². The third kappa shape index (κ3) is 4.13. The van der Waals surface area contributed by atoms with Crippen molar-refractivity contribution in [2.75, 3.05) is 17.3 Å². The van der Waals surface area contributed by atoms with Gasteiger partial charge in [0.15, 0.2) is 0 Å². The number of urea groups is 1. The van der Waals surface area contributed by atoms with Crippen molar-refractivity contribution in [2.24, 2.45) is 4.99 Å². The van der Waals surface area contributed by atoms with Crippen LogP contribution in [0.4, 0.5) is 20.6 Å². The third-order valence-electron chi connectivity index (χ3n) is 4.87. The first kappa shape index (κ1) is 20.2. The molecule has 2 heterocycles. The molecule has 1 aliphatic rings. The molecule has 2 N–H and O–H groups in total. The molecule has 1 aliphatic heterocycles. The number of nitrogens with zero attached hydrogens (tertiary/aromatic N) is 3. The fourth-order valence-electron chi connectivity index (χ4n) is 3.40. The first-order valence-corrected chi connectivity index (χ1v) is 9.63. The Bertz CT molecular complexity index is 1190. The average molecular weight is 417 g/mol. The molecule has 4 rings (SSSR count). The number of carbonyl (C=O) groups is 2. The number of amides is 3. The molecule has 0 aliphatic carbocycles. The Morgan fingerprint density at radius 3 is 2.52 bits per heavy atom. The quantitative estimate of drug-likeness (QED) is 0.684. The van der Waals surface area contributed by atoms with E-state index in [4.69, 9.17) is 0 Å². The molecule has 0 bridgehead atoms. The normalized spacial score (nSPS) is 15.6. The number of aromatic nitrogens is 1. The van der Waals surface area contributed by atoms with Crippen LogP contribution < -0.4 is 15.5 Å². The number of carbonyl (C=O) groups excluding carboxylic acids is 2. The second kappa shape index (κ2) is 8.35. The van der Waals surface area contributed by atoms with E-state index in [1.807, 2.05) is 6.92 Å². The van der Waals surface area contributed by atoms with Crippen LogP contribution in [0.1, 0.15) is 16.7 Å². The number of halogens is 1. The number of rotatable bonds is 3. The predicted octanol–water partition coefficient (Wildman–Crippen LogP) is 3.49. The molecular formula is C23H20FN5O2. The second-order valence-corrected chi connectivity index (χ2v) is 7.12. The number of nitrogens with one attached hydrogen (secondary N) is 2. The number of aryl methyl sites for hydroxylation is 1. The van der Waals surface area contributed by atoms with Crippen molar-refractivity contribution in [3.63, 3.8) is 0 Å². The van der Waals surface area contributed by atoms with E-state index in [2.05, 4.69) is 20.6 Å². The largest absolute Gasteiger partial charge is 0.321 e. The molecule has 0 saturated carbocycles. The molecule has 8 heteroatoms. The van der Waals surface area contributed by atoms with Crippen molar-refractivity contribution >= 4 is 29.0 Å². The van der Waals surface area contributed by atoms with E-state index in [1.54, 1.807) is 61.8 Å². The van der Waals surface area contributed by atoms with E-state index < -0.39 is 23.9 Å². The summed E-state index contributed by atoms with van der Waals surface area (Å²) >= 11 is 0. The summed E-state index contributed by atoms with van der Waals surface area (Å²) in [5.74, 6) is -0.918. The predicted molar refractivity (Wildman–Crippen MR) is 117 cm³/mol. The van der Waals surface area contributed by atoms with E-state index in [9.17, 15) is 14.0 Å². The number of benzodiazepines with no additional fused rings is 1. The van der Waals surface area contributed by atoms with Crippen LogP contribution in [0.15, 0.2) is 72.0 Å². The molecular weight excluding hydrogens is 397 g/mol. The highest BCUT2D eigenvalue weighted by molar-refractivity contribution is 6.20. The van der Waals surface area contributed by atoms with Crippen molar-refractivity contribution in [1.29, 1.82) is 0 Å². The standard InChI is InChI=1S/C23H20FN5O2/c1-14-11-15(13-25-12-14)26-23(31)28-21-22(30)29(2)19-10-6-4-8-17(19)20(27-21)16-7-3-5-9-18(16)24/h3-13,21H,1-2H3,(H2,26,28,31). The summed E-state index contributed by atoms with van der Waals surface area (Å²) in [4.78, 5) is 35.6. The molecule has 1 atom stereocenters. The van der Waals surface area contributed by atoms with Crippen LogP contribution in [0.3, 0.4) is 0 Å². The number of likely N-dealkylation sites (N-methyl/N-ethyl adjacent to an activating group) is 1. The van der Waals surface area contributed by atoms with Gasteiger partial charge in [0.05, 0.1) is 23.3 Å². The van der Waals surface area contributed by atoms with Crippen molar-refractivity contribution in [3.8, 4) is 0 Å². The van der Waals surface area contributed by atoms with Gasteiger partial charge < -0.3 is 15.5 Å². The van der Waals surface area contributed by atoms with E-state index in [0.29, 0.717) is 16.9 Å². The Morgan fingerprint density at radius 2 is 1.77 bits per heavy atom. The lowest BCUT2D eigenvalue weighted by molar-refractivity contribution is -0.119. The molecule has 3 amide bonds. The highest BCUT2D eigenvalue weighted by Gasteiger charge is 2.31. The Morgan fingerprint density at radius 1 is 1.06 bits per heavy atom. The highest BCUT2D eigenvalue weighted by Crippen LogP contribution is 2.28.